The molecule has 2 amide bonds. The molecule has 0 aliphatic carbocycles. The average Bonchev–Trinajstić information content (AvgIpc) is 2.76. The highest BCUT2D eigenvalue weighted by molar-refractivity contribution is 6.31. The summed E-state index contributed by atoms with van der Waals surface area (Å²) >= 11 is 6.12. The second-order valence-corrected chi connectivity index (χ2v) is 8.25. The molecular formula is C24H28ClFN2O2. The lowest BCUT2D eigenvalue weighted by atomic mass is 9.93. The summed E-state index contributed by atoms with van der Waals surface area (Å²) < 4.78 is 13.7. The van der Waals surface area contributed by atoms with Crippen LogP contribution < -0.4 is 5.32 Å². The van der Waals surface area contributed by atoms with Gasteiger partial charge in [-0.05, 0) is 54.9 Å². The van der Waals surface area contributed by atoms with Crippen LogP contribution in [0.2, 0.25) is 5.02 Å². The number of nitrogens with zero attached hydrogens (tertiary/aromatic N) is 1. The Morgan fingerprint density at radius 3 is 2.57 bits per heavy atom. The molecular weight excluding hydrogens is 403 g/mol. The molecule has 0 spiro atoms. The largest absolute Gasteiger partial charge is 0.352 e. The van der Waals surface area contributed by atoms with E-state index in [0.717, 1.165) is 31.4 Å². The Bertz CT molecular complexity index is 874. The first kappa shape index (κ1) is 22.3. The Balaban J connectivity index is 1.40. The first-order chi connectivity index (χ1) is 14.5. The van der Waals surface area contributed by atoms with Crippen molar-refractivity contribution < 1.29 is 14.0 Å². The highest BCUT2D eigenvalue weighted by Gasteiger charge is 2.24. The second kappa shape index (κ2) is 11.1. The van der Waals surface area contributed by atoms with Crippen LogP contribution in [0.5, 0.6) is 0 Å². The molecule has 1 saturated heterocycles. The van der Waals surface area contributed by atoms with Crippen LogP contribution in [0.15, 0.2) is 48.5 Å². The van der Waals surface area contributed by atoms with Crippen molar-refractivity contribution in [3.8, 4) is 0 Å². The molecule has 1 heterocycles. The van der Waals surface area contributed by atoms with Gasteiger partial charge in [0, 0.05) is 37.5 Å². The highest BCUT2D eigenvalue weighted by atomic mass is 35.5. The minimum absolute atomic E-state index is 0.00192. The molecule has 6 heteroatoms. The number of carbonyl (C=O) groups excluding carboxylic acids is 2. The number of likely N-dealkylation sites (tertiary alicyclic amines) is 1. The van der Waals surface area contributed by atoms with Crippen LogP contribution in [0, 0.1) is 11.7 Å². The summed E-state index contributed by atoms with van der Waals surface area (Å²) in [5.74, 6) is 0.121. The third kappa shape index (κ3) is 6.56. The molecule has 1 N–H and O–H groups in total. The van der Waals surface area contributed by atoms with E-state index in [2.05, 4.69) is 5.32 Å². The molecule has 3 rings (SSSR count). The summed E-state index contributed by atoms with van der Waals surface area (Å²) in [6.45, 7) is 1.84. The van der Waals surface area contributed by atoms with E-state index in [0.29, 0.717) is 48.9 Å². The van der Waals surface area contributed by atoms with Crippen LogP contribution in [0.25, 0.3) is 0 Å². The zero-order chi connectivity index (χ0) is 21.3. The standard InChI is InChI=1S/C24H28ClFN2O2/c25-21-9-3-1-8-20(21)16-27-23(29)13-11-18-6-5-15-28(17-18)24(30)14-12-19-7-2-4-10-22(19)26/h1-4,7-10,18H,5-6,11-17H2,(H,27,29)/t18-/m1/s1. The van der Waals surface area contributed by atoms with Crippen LogP contribution in [-0.4, -0.2) is 29.8 Å². The number of piperidine rings is 1. The minimum atomic E-state index is -0.260. The van der Waals surface area contributed by atoms with Crippen LogP contribution in [0.1, 0.15) is 43.2 Å². The van der Waals surface area contributed by atoms with Crippen LogP contribution in [0.3, 0.4) is 0 Å². The molecule has 1 fully saturated rings. The van der Waals surface area contributed by atoms with Crippen molar-refractivity contribution in [2.45, 2.75) is 45.1 Å². The van der Waals surface area contributed by atoms with E-state index in [1.807, 2.05) is 29.2 Å². The molecule has 0 radical (unpaired) electrons. The van der Waals surface area contributed by atoms with Gasteiger partial charge in [0.15, 0.2) is 0 Å². The van der Waals surface area contributed by atoms with Crippen molar-refractivity contribution in [2.75, 3.05) is 13.1 Å². The van der Waals surface area contributed by atoms with Gasteiger partial charge in [-0.3, -0.25) is 9.59 Å². The fourth-order valence-corrected chi connectivity index (χ4v) is 4.09. The number of hydrogen-bond donors (Lipinski definition) is 1. The van der Waals surface area contributed by atoms with Crippen molar-refractivity contribution >= 4 is 23.4 Å². The zero-order valence-corrected chi connectivity index (χ0v) is 17.8. The Labute approximate surface area is 182 Å². The van der Waals surface area contributed by atoms with Crippen molar-refractivity contribution in [3.63, 3.8) is 0 Å². The Kier molecular flexibility index (Phi) is 8.26. The molecule has 2 aromatic rings. The van der Waals surface area contributed by atoms with E-state index in [9.17, 15) is 14.0 Å². The van der Waals surface area contributed by atoms with Crippen LogP contribution in [-0.2, 0) is 22.6 Å². The number of amides is 2. The van der Waals surface area contributed by atoms with E-state index in [1.54, 1.807) is 18.2 Å². The van der Waals surface area contributed by atoms with E-state index >= 15 is 0 Å². The van der Waals surface area contributed by atoms with E-state index < -0.39 is 0 Å². The molecule has 1 aliphatic heterocycles. The minimum Gasteiger partial charge on any atom is -0.352 e. The number of rotatable bonds is 8. The molecule has 0 aromatic heterocycles. The Morgan fingerprint density at radius 2 is 1.80 bits per heavy atom. The van der Waals surface area contributed by atoms with Crippen molar-refractivity contribution in [1.82, 2.24) is 10.2 Å². The van der Waals surface area contributed by atoms with E-state index in [1.165, 1.54) is 6.07 Å². The molecule has 160 valence electrons. The van der Waals surface area contributed by atoms with Gasteiger partial charge in [-0.1, -0.05) is 48.0 Å². The van der Waals surface area contributed by atoms with Gasteiger partial charge in [0.1, 0.15) is 5.82 Å². The lowest BCUT2D eigenvalue weighted by molar-refractivity contribution is -0.133. The number of carbonyl (C=O) groups is 2. The Morgan fingerprint density at radius 1 is 1.07 bits per heavy atom. The maximum atomic E-state index is 13.7. The van der Waals surface area contributed by atoms with Gasteiger partial charge in [-0.25, -0.2) is 4.39 Å². The maximum Gasteiger partial charge on any atom is 0.222 e. The van der Waals surface area contributed by atoms with Crippen molar-refractivity contribution in [3.05, 3.63) is 70.5 Å². The summed E-state index contributed by atoms with van der Waals surface area (Å²) in [6.07, 6.45) is 3.88. The summed E-state index contributed by atoms with van der Waals surface area (Å²) in [7, 11) is 0. The highest BCUT2D eigenvalue weighted by Crippen LogP contribution is 2.22. The van der Waals surface area contributed by atoms with Crippen molar-refractivity contribution in [2.24, 2.45) is 5.92 Å². The molecule has 2 aromatic carbocycles. The topological polar surface area (TPSA) is 49.4 Å². The molecule has 1 atom stereocenters. The predicted molar refractivity (Wildman–Crippen MR) is 117 cm³/mol. The lowest BCUT2D eigenvalue weighted by Crippen LogP contribution is -2.40. The fraction of sp³-hybridized carbons (Fsp3) is 0.417. The first-order valence-electron chi connectivity index (χ1n) is 10.5. The van der Waals surface area contributed by atoms with Gasteiger partial charge in [0.25, 0.3) is 0 Å². The molecule has 0 unspecified atom stereocenters. The fourth-order valence-electron chi connectivity index (χ4n) is 3.89. The number of benzene rings is 2. The average molecular weight is 431 g/mol. The Hall–Kier alpha value is -2.40. The first-order valence-corrected chi connectivity index (χ1v) is 10.9. The summed E-state index contributed by atoms with van der Waals surface area (Å²) in [6, 6.07) is 14.1. The summed E-state index contributed by atoms with van der Waals surface area (Å²) in [4.78, 5) is 26.6. The van der Waals surface area contributed by atoms with Gasteiger partial charge >= 0.3 is 0 Å². The van der Waals surface area contributed by atoms with Gasteiger partial charge in [0.05, 0.1) is 0 Å². The normalized spacial score (nSPS) is 16.3. The van der Waals surface area contributed by atoms with Gasteiger partial charge < -0.3 is 10.2 Å². The SMILES string of the molecule is O=C(CC[C@H]1CCCN(C(=O)CCc2ccccc2F)C1)NCc1ccccc1Cl. The van der Waals surface area contributed by atoms with Gasteiger partial charge in [-0.15, -0.1) is 0 Å². The number of aryl methyl sites for hydroxylation is 1. The third-order valence-electron chi connectivity index (χ3n) is 5.65. The molecule has 1 aliphatic rings. The smallest absolute Gasteiger partial charge is 0.222 e. The molecule has 4 nitrogen and oxygen atoms in total. The lowest BCUT2D eigenvalue weighted by Gasteiger charge is -2.33. The third-order valence-corrected chi connectivity index (χ3v) is 6.02. The van der Waals surface area contributed by atoms with E-state index in [-0.39, 0.29) is 17.6 Å². The maximum absolute atomic E-state index is 13.7. The number of hydrogen-bond acceptors (Lipinski definition) is 2. The van der Waals surface area contributed by atoms with E-state index in [4.69, 9.17) is 11.6 Å². The van der Waals surface area contributed by atoms with Crippen molar-refractivity contribution in [1.29, 1.82) is 0 Å². The van der Waals surface area contributed by atoms with Gasteiger partial charge in [0.2, 0.25) is 11.8 Å². The summed E-state index contributed by atoms with van der Waals surface area (Å²) in [5, 5.41) is 3.57. The molecule has 30 heavy (non-hydrogen) atoms. The molecule has 0 bridgehead atoms. The second-order valence-electron chi connectivity index (χ2n) is 7.85. The summed E-state index contributed by atoms with van der Waals surface area (Å²) in [5.41, 5.74) is 1.48. The number of halogens is 2. The zero-order valence-electron chi connectivity index (χ0n) is 17.1. The monoisotopic (exact) mass is 430 g/mol. The van der Waals surface area contributed by atoms with Crippen LogP contribution >= 0.6 is 11.6 Å². The quantitative estimate of drug-likeness (QED) is 0.657. The van der Waals surface area contributed by atoms with Gasteiger partial charge in [-0.2, -0.15) is 0 Å². The predicted octanol–water partition coefficient (Wildman–Crippen LogP) is 4.75. The van der Waals surface area contributed by atoms with Crippen LogP contribution in [0.4, 0.5) is 4.39 Å². The molecule has 0 saturated carbocycles. The number of nitrogens with one attached hydrogen (secondary N) is 1.